The summed E-state index contributed by atoms with van der Waals surface area (Å²) in [5.74, 6) is 0.146. The molecule has 0 aliphatic carbocycles. The maximum Gasteiger partial charge on any atom is 0.260 e. The van der Waals surface area contributed by atoms with Gasteiger partial charge in [0.1, 0.15) is 11.6 Å². The number of halogens is 1. The Morgan fingerprint density at radius 1 is 1.21 bits per heavy atom. The number of carbonyl (C=O) groups is 1. The number of methoxy groups -OCH3 is 1. The number of likely N-dealkylation sites (tertiary alicyclic amines) is 2. The molecule has 2 unspecified atom stereocenters. The molecule has 4 rings (SSSR count). The third kappa shape index (κ3) is 4.41. The molecule has 1 aromatic carbocycles. The maximum atomic E-state index is 12.9. The number of piperidine rings is 1. The van der Waals surface area contributed by atoms with Gasteiger partial charge in [-0.2, -0.15) is 0 Å². The van der Waals surface area contributed by atoms with Crippen molar-refractivity contribution in [2.24, 2.45) is 0 Å². The van der Waals surface area contributed by atoms with E-state index in [0.29, 0.717) is 24.9 Å². The average Bonchev–Trinajstić information content (AvgIpc) is 2.74. The smallest absolute Gasteiger partial charge is 0.260 e. The molecule has 154 valence electrons. The number of nitrogens with zero attached hydrogens (tertiary/aromatic N) is 3. The van der Waals surface area contributed by atoms with Crippen molar-refractivity contribution in [3.63, 3.8) is 0 Å². The summed E-state index contributed by atoms with van der Waals surface area (Å²) in [5, 5.41) is 0. The zero-order valence-corrected chi connectivity index (χ0v) is 16.5. The average molecular weight is 399 g/mol. The van der Waals surface area contributed by atoms with Gasteiger partial charge < -0.3 is 14.4 Å². The van der Waals surface area contributed by atoms with Crippen LogP contribution in [0.4, 0.5) is 4.39 Å². The van der Waals surface area contributed by atoms with E-state index in [9.17, 15) is 9.18 Å². The van der Waals surface area contributed by atoms with Gasteiger partial charge in [0, 0.05) is 45.2 Å². The number of rotatable bonds is 6. The third-order valence-electron chi connectivity index (χ3n) is 5.89. The standard InChI is InChI=1S/C22H26FN3O3/c1-28-20-14-26(22(20)16-3-2-10-24-13-16)18-8-11-25(12-9-18)21(27)15-29-19-6-4-17(23)5-7-19/h2-7,10,13,18,20,22H,8-9,11-12,14-15H2,1H3. The Morgan fingerprint density at radius 2 is 1.97 bits per heavy atom. The lowest BCUT2D eigenvalue weighted by Crippen LogP contribution is -2.60. The van der Waals surface area contributed by atoms with Gasteiger partial charge in [-0.3, -0.25) is 14.7 Å². The van der Waals surface area contributed by atoms with Crippen LogP contribution in [-0.2, 0) is 9.53 Å². The summed E-state index contributed by atoms with van der Waals surface area (Å²) in [7, 11) is 1.76. The van der Waals surface area contributed by atoms with Crippen LogP contribution in [0, 0.1) is 5.82 Å². The van der Waals surface area contributed by atoms with E-state index in [0.717, 1.165) is 19.4 Å². The van der Waals surface area contributed by atoms with Gasteiger partial charge in [0.15, 0.2) is 6.61 Å². The lowest BCUT2D eigenvalue weighted by molar-refractivity contribution is -0.139. The number of ether oxygens (including phenoxy) is 2. The molecule has 2 aliphatic heterocycles. The lowest BCUT2D eigenvalue weighted by Gasteiger charge is -2.52. The van der Waals surface area contributed by atoms with Crippen LogP contribution in [0.5, 0.6) is 5.75 Å². The van der Waals surface area contributed by atoms with Crippen LogP contribution in [0.3, 0.4) is 0 Å². The van der Waals surface area contributed by atoms with Crippen molar-refractivity contribution < 1.29 is 18.7 Å². The third-order valence-corrected chi connectivity index (χ3v) is 5.89. The molecule has 2 aliphatic rings. The first-order valence-electron chi connectivity index (χ1n) is 10.0. The highest BCUT2D eigenvalue weighted by Crippen LogP contribution is 2.39. The second-order valence-corrected chi connectivity index (χ2v) is 7.56. The van der Waals surface area contributed by atoms with E-state index < -0.39 is 0 Å². The predicted octanol–water partition coefficient (Wildman–Crippen LogP) is 2.66. The van der Waals surface area contributed by atoms with Gasteiger partial charge in [-0.25, -0.2) is 4.39 Å². The molecule has 0 radical (unpaired) electrons. The Morgan fingerprint density at radius 3 is 2.62 bits per heavy atom. The monoisotopic (exact) mass is 399 g/mol. The van der Waals surface area contributed by atoms with Crippen molar-refractivity contribution in [3.8, 4) is 5.75 Å². The summed E-state index contributed by atoms with van der Waals surface area (Å²) in [6, 6.07) is 10.4. The van der Waals surface area contributed by atoms with Crippen molar-refractivity contribution >= 4 is 5.91 Å². The molecule has 6 nitrogen and oxygen atoms in total. The van der Waals surface area contributed by atoms with Crippen molar-refractivity contribution in [2.45, 2.75) is 31.0 Å². The molecule has 2 atom stereocenters. The number of hydrogen-bond donors (Lipinski definition) is 0. The van der Waals surface area contributed by atoms with Gasteiger partial charge in [0.25, 0.3) is 5.91 Å². The van der Waals surface area contributed by atoms with Gasteiger partial charge in [0.2, 0.25) is 0 Å². The molecule has 0 spiro atoms. The second kappa shape index (κ2) is 8.88. The molecule has 1 aromatic heterocycles. The summed E-state index contributed by atoms with van der Waals surface area (Å²) in [6.07, 6.45) is 5.73. The van der Waals surface area contributed by atoms with Crippen LogP contribution in [0.15, 0.2) is 48.8 Å². The molecule has 3 heterocycles. The number of aromatic nitrogens is 1. The van der Waals surface area contributed by atoms with E-state index in [1.165, 1.54) is 29.8 Å². The molecule has 0 N–H and O–H groups in total. The van der Waals surface area contributed by atoms with E-state index in [2.05, 4.69) is 16.0 Å². The summed E-state index contributed by atoms with van der Waals surface area (Å²) < 4.78 is 24.1. The zero-order valence-electron chi connectivity index (χ0n) is 16.5. The molecule has 1 amide bonds. The van der Waals surface area contributed by atoms with Crippen LogP contribution < -0.4 is 4.74 Å². The van der Waals surface area contributed by atoms with Crippen LogP contribution in [0.1, 0.15) is 24.4 Å². The molecule has 0 saturated carbocycles. The van der Waals surface area contributed by atoms with Crippen molar-refractivity contribution in [1.29, 1.82) is 0 Å². The van der Waals surface area contributed by atoms with Crippen molar-refractivity contribution in [1.82, 2.24) is 14.8 Å². The van der Waals surface area contributed by atoms with E-state index in [1.54, 1.807) is 13.3 Å². The summed E-state index contributed by atoms with van der Waals surface area (Å²) >= 11 is 0. The van der Waals surface area contributed by atoms with E-state index >= 15 is 0 Å². The number of carbonyl (C=O) groups excluding carboxylic acids is 1. The minimum atomic E-state index is -0.322. The summed E-state index contributed by atoms with van der Waals surface area (Å²) in [5.41, 5.74) is 1.18. The van der Waals surface area contributed by atoms with Crippen molar-refractivity contribution in [2.75, 3.05) is 33.4 Å². The number of amides is 1. The fraction of sp³-hybridized carbons (Fsp3) is 0.455. The summed E-state index contributed by atoms with van der Waals surface area (Å²) in [6.45, 7) is 2.31. The largest absolute Gasteiger partial charge is 0.484 e. The van der Waals surface area contributed by atoms with E-state index in [4.69, 9.17) is 9.47 Å². The molecular weight excluding hydrogens is 373 g/mol. The van der Waals surface area contributed by atoms with Crippen LogP contribution >= 0.6 is 0 Å². The fourth-order valence-corrected chi connectivity index (χ4v) is 4.25. The normalized spacial score (nSPS) is 22.9. The predicted molar refractivity (Wildman–Crippen MR) is 106 cm³/mol. The Kier molecular flexibility index (Phi) is 6.06. The minimum absolute atomic E-state index is 0.0237. The number of hydrogen-bond acceptors (Lipinski definition) is 5. The first-order valence-corrected chi connectivity index (χ1v) is 10.0. The van der Waals surface area contributed by atoms with Crippen LogP contribution in [0.25, 0.3) is 0 Å². The fourth-order valence-electron chi connectivity index (χ4n) is 4.25. The topological polar surface area (TPSA) is 54.9 Å². The molecule has 29 heavy (non-hydrogen) atoms. The van der Waals surface area contributed by atoms with Crippen molar-refractivity contribution in [3.05, 3.63) is 60.2 Å². The number of pyridine rings is 1. The Labute approximate surface area is 170 Å². The van der Waals surface area contributed by atoms with Crippen LogP contribution in [0.2, 0.25) is 0 Å². The molecule has 7 heteroatoms. The highest BCUT2D eigenvalue weighted by molar-refractivity contribution is 5.77. The molecule has 0 bridgehead atoms. The van der Waals surface area contributed by atoms with Gasteiger partial charge in [-0.05, 0) is 48.7 Å². The van der Waals surface area contributed by atoms with Crippen LogP contribution in [-0.4, -0.2) is 66.2 Å². The Balaban J connectivity index is 1.28. The van der Waals surface area contributed by atoms with Gasteiger partial charge >= 0.3 is 0 Å². The molecule has 2 saturated heterocycles. The molecule has 2 aromatic rings. The first-order chi connectivity index (χ1) is 14.2. The van der Waals surface area contributed by atoms with Gasteiger partial charge in [-0.15, -0.1) is 0 Å². The highest BCUT2D eigenvalue weighted by Gasteiger charge is 2.44. The van der Waals surface area contributed by atoms with Gasteiger partial charge in [0.05, 0.1) is 12.1 Å². The zero-order chi connectivity index (χ0) is 20.2. The SMILES string of the molecule is COC1CN(C2CCN(C(=O)COc3ccc(F)cc3)CC2)C1c1cccnc1. The molecule has 2 fully saturated rings. The minimum Gasteiger partial charge on any atom is -0.484 e. The highest BCUT2D eigenvalue weighted by atomic mass is 19.1. The van der Waals surface area contributed by atoms with E-state index in [-0.39, 0.29) is 30.5 Å². The maximum absolute atomic E-state index is 12.9. The Hall–Kier alpha value is -2.51. The molecular formula is C22H26FN3O3. The quantitative estimate of drug-likeness (QED) is 0.748. The first kappa shape index (κ1) is 19.8. The Bertz CT molecular complexity index is 810. The van der Waals surface area contributed by atoms with E-state index in [1.807, 2.05) is 17.2 Å². The lowest BCUT2D eigenvalue weighted by atomic mass is 9.87. The summed E-state index contributed by atoms with van der Waals surface area (Å²) in [4.78, 5) is 21.0. The number of benzene rings is 1. The second-order valence-electron chi connectivity index (χ2n) is 7.56. The van der Waals surface area contributed by atoms with Gasteiger partial charge in [-0.1, -0.05) is 6.07 Å².